The third-order valence-electron chi connectivity index (χ3n) is 2.22. The van der Waals surface area contributed by atoms with Crippen LogP contribution in [0, 0.1) is 5.82 Å². The van der Waals surface area contributed by atoms with E-state index in [1.54, 1.807) is 0 Å². The van der Waals surface area contributed by atoms with E-state index >= 15 is 0 Å². The molecule has 0 aliphatic heterocycles. The highest BCUT2D eigenvalue weighted by Gasteiger charge is 2.38. The van der Waals surface area contributed by atoms with Crippen molar-refractivity contribution in [3.63, 3.8) is 0 Å². The maximum absolute atomic E-state index is 13.3. The second-order valence-corrected chi connectivity index (χ2v) is 4.75. The molecule has 0 amide bonds. The molecule has 0 radical (unpaired) electrons. The predicted octanol–water partition coefficient (Wildman–Crippen LogP) is 4.41. The molecule has 2 nitrogen and oxygen atoms in total. The first-order chi connectivity index (χ1) is 8.23. The van der Waals surface area contributed by atoms with Crippen LogP contribution in [0.2, 0.25) is 5.02 Å². The highest BCUT2D eigenvalue weighted by molar-refractivity contribution is 7.21. The van der Waals surface area contributed by atoms with Gasteiger partial charge in [0, 0.05) is 5.39 Å². The molecule has 2 aromatic rings. The van der Waals surface area contributed by atoms with Gasteiger partial charge < -0.3 is 5.11 Å². The van der Waals surface area contributed by atoms with Crippen molar-refractivity contribution in [2.24, 2.45) is 0 Å². The molecule has 0 fully saturated rings. The van der Waals surface area contributed by atoms with E-state index in [2.05, 4.69) is 0 Å². The summed E-state index contributed by atoms with van der Waals surface area (Å²) in [4.78, 5) is 10.3. The van der Waals surface area contributed by atoms with Crippen LogP contribution in [0.3, 0.4) is 0 Å². The van der Waals surface area contributed by atoms with Crippen molar-refractivity contribution in [3.8, 4) is 0 Å². The molecule has 0 bridgehead atoms. The number of alkyl halides is 3. The van der Waals surface area contributed by atoms with Gasteiger partial charge in [0.2, 0.25) is 0 Å². The Balaban J connectivity index is 2.90. The maximum Gasteiger partial charge on any atom is 0.420 e. The summed E-state index contributed by atoms with van der Waals surface area (Å²) in [5, 5.41) is 8.35. The van der Waals surface area contributed by atoms with Crippen molar-refractivity contribution in [2.45, 2.75) is 6.18 Å². The second-order valence-electron chi connectivity index (χ2n) is 3.35. The molecule has 0 atom stereocenters. The Kier molecular flexibility index (Phi) is 2.98. The minimum absolute atomic E-state index is 0.118. The first kappa shape index (κ1) is 13.1. The first-order valence-electron chi connectivity index (χ1n) is 4.44. The summed E-state index contributed by atoms with van der Waals surface area (Å²) in [7, 11) is 0. The zero-order chi connectivity index (χ0) is 13.7. The van der Waals surface area contributed by atoms with Crippen molar-refractivity contribution >= 4 is 39.0 Å². The van der Waals surface area contributed by atoms with Crippen molar-refractivity contribution in [1.82, 2.24) is 0 Å². The summed E-state index contributed by atoms with van der Waals surface area (Å²) in [5.74, 6) is -2.90. The molecule has 1 aromatic heterocycles. The number of halogens is 5. The van der Waals surface area contributed by atoms with E-state index < -0.39 is 33.1 Å². The number of aromatic carboxylic acids is 1. The van der Waals surface area contributed by atoms with Crippen LogP contribution in [0.1, 0.15) is 15.2 Å². The normalized spacial score (nSPS) is 12.1. The summed E-state index contributed by atoms with van der Waals surface area (Å²) >= 11 is 5.97. The minimum Gasteiger partial charge on any atom is -0.477 e. The fourth-order valence-electron chi connectivity index (χ4n) is 1.51. The van der Waals surface area contributed by atoms with E-state index in [1.807, 2.05) is 0 Å². The molecule has 1 heterocycles. The number of rotatable bonds is 1. The lowest BCUT2D eigenvalue weighted by atomic mass is 10.1. The Morgan fingerprint density at radius 1 is 1.33 bits per heavy atom. The molecule has 1 aromatic carbocycles. The smallest absolute Gasteiger partial charge is 0.420 e. The fourth-order valence-corrected chi connectivity index (χ4v) is 3.00. The average Bonchev–Trinajstić information content (AvgIpc) is 2.53. The molecule has 8 heteroatoms. The van der Waals surface area contributed by atoms with Gasteiger partial charge in [-0.1, -0.05) is 11.6 Å². The van der Waals surface area contributed by atoms with Gasteiger partial charge in [0.1, 0.15) is 16.3 Å². The standard InChI is InChI=1S/C10H3ClF4O2S/c11-6-3-1-2-4(12)5(10(13,14)15)7(3)18-8(6)9(16)17/h1-2H,(H,16,17). The number of carboxylic acid groups (broad SMARTS) is 1. The zero-order valence-corrected chi connectivity index (χ0v) is 9.88. The number of hydrogen-bond donors (Lipinski definition) is 1. The Labute approximate surface area is 106 Å². The summed E-state index contributed by atoms with van der Waals surface area (Å²) in [6.07, 6.45) is -4.91. The van der Waals surface area contributed by atoms with Crippen molar-refractivity contribution in [2.75, 3.05) is 0 Å². The van der Waals surface area contributed by atoms with Crippen LogP contribution in [-0.2, 0) is 6.18 Å². The molecule has 0 unspecified atom stereocenters. The Bertz CT molecular complexity index is 647. The molecule has 1 N–H and O–H groups in total. The monoisotopic (exact) mass is 298 g/mol. The van der Waals surface area contributed by atoms with Gasteiger partial charge in [-0.05, 0) is 12.1 Å². The van der Waals surface area contributed by atoms with Gasteiger partial charge in [-0.25, -0.2) is 9.18 Å². The summed E-state index contributed by atoms with van der Waals surface area (Å²) in [6, 6.07) is 1.65. The lowest BCUT2D eigenvalue weighted by Gasteiger charge is -2.08. The van der Waals surface area contributed by atoms with Crippen LogP contribution < -0.4 is 0 Å². The summed E-state index contributed by atoms with van der Waals surface area (Å²) in [6.45, 7) is 0. The second kappa shape index (κ2) is 4.10. The van der Waals surface area contributed by atoms with Gasteiger partial charge in [0.15, 0.2) is 0 Å². The molecule has 0 saturated carbocycles. The molecular weight excluding hydrogens is 296 g/mol. The lowest BCUT2D eigenvalue weighted by molar-refractivity contribution is -0.138. The molecule has 96 valence electrons. The Hall–Kier alpha value is -1.34. The van der Waals surface area contributed by atoms with E-state index in [0.717, 1.165) is 6.07 Å². The van der Waals surface area contributed by atoms with Crippen LogP contribution in [0.5, 0.6) is 0 Å². The number of thiophene rings is 1. The third kappa shape index (κ3) is 1.93. The molecule has 0 aliphatic carbocycles. The highest BCUT2D eigenvalue weighted by atomic mass is 35.5. The largest absolute Gasteiger partial charge is 0.477 e. The van der Waals surface area contributed by atoms with Crippen molar-refractivity contribution in [1.29, 1.82) is 0 Å². The van der Waals surface area contributed by atoms with Gasteiger partial charge in [-0.3, -0.25) is 0 Å². The first-order valence-corrected chi connectivity index (χ1v) is 5.64. The lowest BCUT2D eigenvalue weighted by Crippen LogP contribution is -2.08. The molecule has 0 spiro atoms. The van der Waals surface area contributed by atoms with Crippen LogP contribution >= 0.6 is 22.9 Å². The predicted molar refractivity (Wildman–Crippen MR) is 58.8 cm³/mol. The van der Waals surface area contributed by atoms with Crippen LogP contribution in [0.4, 0.5) is 17.6 Å². The quantitative estimate of drug-likeness (QED) is 0.792. The van der Waals surface area contributed by atoms with Crippen LogP contribution in [0.25, 0.3) is 10.1 Å². The fraction of sp³-hybridized carbons (Fsp3) is 0.100. The topological polar surface area (TPSA) is 37.3 Å². The molecule has 18 heavy (non-hydrogen) atoms. The van der Waals surface area contributed by atoms with Gasteiger partial charge >= 0.3 is 12.1 Å². The van der Waals surface area contributed by atoms with Crippen molar-refractivity contribution < 1.29 is 27.5 Å². The van der Waals surface area contributed by atoms with Crippen LogP contribution in [0.15, 0.2) is 12.1 Å². The number of carboxylic acids is 1. The van der Waals surface area contributed by atoms with E-state index in [4.69, 9.17) is 16.7 Å². The maximum atomic E-state index is 13.3. The molecule has 0 saturated heterocycles. The molecular formula is C10H3ClF4O2S. The number of benzene rings is 1. The van der Waals surface area contributed by atoms with E-state index in [-0.39, 0.29) is 10.4 Å². The molecule has 0 aliphatic rings. The SMILES string of the molecule is O=C(O)c1sc2c(C(F)(F)F)c(F)ccc2c1Cl. The zero-order valence-electron chi connectivity index (χ0n) is 8.31. The molecule has 2 rings (SSSR count). The number of fused-ring (bicyclic) bond motifs is 1. The van der Waals surface area contributed by atoms with E-state index in [0.29, 0.717) is 17.4 Å². The van der Waals surface area contributed by atoms with Crippen LogP contribution in [-0.4, -0.2) is 11.1 Å². The van der Waals surface area contributed by atoms with Gasteiger partial charge in [0.25, 0.3) is 0 Å². The third-order valence-corrected chi connectivity index (χ3v) is 3.94. The minimum atomic E-state index is -4.91. The number of carbonyl (C=O) groups is 1. The summed E-state index contributed by atoms with van der Waals surface area (Å²) in [5.41, 5.74) is -1.49. The van der Waals surface area contributed by atoms with Crippen molar-refractivity contribution in [3.05, 3.63) is 33.4 Å². The Morgan fingerprint density at radius 2 is 1.94 bits per heavy atom. The highest BCUT2D eigenvalue weighted by Crippen LogP contribution is 2.44. The van der Waals surface area contributed by atoms with Gasteiger partial charge in [-0.2, -0.15) is 13.2 Å². The summed E-state index contributed by atoms with van der Waals surface area (Å²) < 4.78 is 50.8. The van der Waals surface area contributed by atoms with E-state index in [1.165, 1.54) is 0 Å². The Morgan fingerprint density at radius 3 is 2.44 bits per heavy atom. The van der Waals surface area contributed by atoms with Gasteiger partial charge in [-0.15, -0.1) is 11.3 Å². The number of hydrogen-bond acceptors (Lipinski definition) is 2. The van der Waals surface area contributed by atoms with Gasteiger partial charge in [0.05, 0.1) is 9.72 Å². The van der Waals surface area contributed by atoms with E-state index in [9.17, 15) is 22.4 Å². The average molecular weight is 299 g/mol.